The van der Waals surface area contributed by atoms with Crippen molar-refractivity contribution in [1.29, 1.82) is 0 Å². The fraction of sp³-hybridized carbons (Fsp3) is 0.280. The van der Waals surface area contributed by atoms with Gasteiger partial charge in [0.1, 0.15) is 0 Å². The number of anilines is 1. The lowest BCUT2D eigenvalue weighted by Crippen LogP contribution is -2.45. The average molecular weight is 404 g/mol. The number of rotatable bonds is 7. The summed E-state index contributed by atoms with van der Waals surface area (Å²) in [6.45, 7) is 7.67. The minimum Gasteiger partial charge on any atom is -0.346 e. The van der Waals surface area contributed by atoms with E-state index in [0.717, 1.165) is 22.4 Å². The first-order valence-corrected chi connectivity index (χ1v) is 10.2. The molecule has 0 heterocycles. The Balaban J connectivity index is 1.56. The number of hydrogen-bond acceptors (Lipinski definition) is 3. The number of carbonyl (C=O) groups is 2. The molecule has 0 saturated carbocycles. The van der Waals surface area contributed by atoms with Gasteiger partial charge in [-0.3, -0.25) is 14.9 Å². The molecule has 0 unspecified atom stereocenters. The van der Waals surface area contributed by atoms with E-state index in [1.807, 2.05) is 57.2 Å². The molecule has 3 N–H and O–H groups in total. The molecular formula is C25H29N3O2. The summed E-state index contributed by atoms with van der Waals surface area (Å²) in [5.41, 5.74) is 3.93. The van der Waals surface area contributed by atoms with Crippen LogP contribution in [0.1, 0.15) is 36.6 Å². The summed E-state index contributed by atoms with van der Waals surface area (Å²) < 4.78 is 0. The third-order valence-corrected chi connectivity index (χ3v) is 5.35. The van der Waals surface area contributed by atoms with E-state index in [9.17, 15) is 9.59 Å². The van der Waals surface area contributed by atoms with Crippen LogP contribution in [0.5, 0.6) is 0 Å². The summed E-state index contributed by atoms with van der Waals surface area (Å²) in [7, 11) is 0. The van der Waals surface area contributed by atoms with Crippen LogP contribution in [0.15, 0.2) is 60.7 Å². The minimum atomic E-state index is -0.438. The zero-order chi connectivity index (χ0) is 21.7. The zero-order valence-electron chi connectivity index (χ0n) is 18.0. The summed E-state index contributed by atoms with van der Waals surface area (Å²) in [6.07, 6.45) is 0. The topological polar surface area (TPSA) is 70.2 Å². The van der Waals surface area contributed by atoms with E-state index in [1.54, 1.807) is 6.92 Å². The number of aryl methyl sites for hydroxylation is 2. The van der Waals surface area contributed by atoms with E-state index >= 15 is 0 Å². The number of nitrogens with one attached hydrogen (secondary N) is 3. The van der Waals surface area contributed by atoms with Gasteiger partial charge < -0.3 is 10.6 Å². The van der Waals surface area contributed by atoms with Crippen LogP contribution in [0, 0.1) is 13.8 Å². The van der Waals surface area contributed by atoms with Crippen LogP contribution in [-0.4, -0.2) is 24.4 Å². The van der Waals surface area contributed by atoms with E-state index in [0.29, 0.717) is 0 Å². The number of carbonyl (C=O) groups excluding carboxylic acids is 2. The maximum Gasteiger partial charge on any atom is 0.243 e. The van der Waals surface area contributed by atoms with Crippen molar-refractivity contribution >= 4 is 28.3 Å². The third-order valence-electron chi connectivity index (χ3n) is 5.35. The summed E-state index contributed by atoms with van der Waals surface area (Å²) in [4.78, 5) is 24.8. The Morgan fingerprint density at radius 1 is 0.867 bits per heavy atom. The van der Waals surface area contributed by atoms with Crippen molar-refractivity contribution in [3.63, 3.8) is 0 Å². The van der Waals surface area contributed by atoms with Crippen molar-refractivity contribution in [2.24, 2.45) is 0 Å². The second-order valence-electron chi connectivity index (χ2n) is 7.71. The second kappa shape index (κ2) is 9.55. The molecule has 0 aliphatic heterocycles. The SMILES string of the molecule is Cc1cccc(C)c1NC(=O)CNC(=O)[C@@H](C)N[C@@H](C)c1cccc2ccccc12. The van der Waals surface area contributed by atoms with Gasteiger partial charge in [0.2, 0.25) is 11.8 Å². The highest BCUT2D eigenvalue weighted by molar-refractivity contribution is 5.96. The maximum absolute atomic E-state index is 12.5. The maximum atomic E-state index is 12.5. The van der Waals surface area contributed by atoms with Crippen molar-refractivity contribution in [2.75, 3.05) is 11.9 Å². The Morgan fingerprint density at radius 3 is 2.23 bits per heavy atom. The van der Waals surface area contributed by atoms with Gasteiger partial charge >= 0.3 is 0 Å². The molecule has 30 heavy (non-hydrogen) atoms. The van der Waals surface area contributed by atoms with Crippen LogP contribution >= 0.6 is 0 Å². The zero-order valence-corrected chi connectivity index (χ0v) is 18.0. The molecule has 2 amide bonds. The lowest BCUT2D eigenvalue weighted by Gasteiger charge is -2.21. The van der Waals surface area contributed by atoms with E-state index in [-0.39, 0.29) is 24.4 Å². The molecule has 3 aromatic carbocycles. The monoisotopic (exact) mass is 403 g/mol. The normalized spacial score (nSPS) is 12.9. The van der Waals surface area contributed by atoms with Crippen molar-refractivity contribution < 1.29 is 9.59 Å². The largest absolute Gasteiger partial charge is 0.346 e. The van der Waals surface area contributed by atoms with E-state index in [4.69, 9.17) is 0 Å². The molecule has 0 saturated heterocycles. The number of amides is 2. The molecule has 156 valence electrons. The molecule has 0 aromatic heterocycles. The lowest BCUT2D eigenvalue weighted by molar-refractivity contribution is -0.125. The molecule has 3 rings (SSSR count). The average Bonchev–Trinajstić information content (AvgIpc) is 2.74. The van der Waals surface area contributed by atoms with E-state index in [2.05, 4.69) is 40.2 Å². The molecule has 5 nitrogen and oxygen atoms in total. The van der Waals surface area contributed by atoms with Crippen molar-refractivity contribution in [2.45, 2.75) is 39.8 Å². The van der Waals surface area contributed by atoms with Crippen LogP contribution < -0.4 is 16.0 Å². The van der Waals surface area contributed by atoms with Gasteiger partial charge in [0.25, 0.3) is 0 Å². The Kier molecular flexibility index (Phi) is 6.85. The summed E-state index contributed by atoms with van der Waals surface area (Å²) in [5.74, 6) is -0.450. The first-order valence-electron chi connectivity index (χ1n) is 10.2. The molecule has 2 atom stereocenters. The van der Waals surface area contributed by atoms with Crippen LogP contribution in [0.3, 0.4) is 0 Å². The molecular weight excluding hydrogens is 374 g/mol. The van der Waals surface area contributed by atoms with Crippen molar-refractivity contribution in [1.82, 2.24) is 10.6 Å². The number of hydrogen-bond donors (Lipinski definition) is 3. The van der Waals surface area contributed by atoms with Gasteiger partial charge in [0, 0.05) is 11.7 Å². The van der Waals surface area contributed by atoms with Gasteiger partial charge in [-0.2, -0.15) is 0 Å². The highest BCUT2D eigenvalue weighted by Crippen LogP contribution is 2.24. The fourth-order valence-corrected chi connectivity index (χ4v) is 3.68. The standard InChI is InChI=1S/C25H29N3O2/c1-16-9-7-10-17(2)24(16)28-23(29)15-26-25(30)19(4)27-18(3)21-14-8-12-20-11-5-6-13-22(20)21/h5-14,18-19,27H,15H2,1-4H3,(H,26,30)(H,28,29)/t18-,19+/m0/s1. The summed E-state index contributed by atoms with van der Waals surface area (Å²) >= 11 is 0. The Labute approximate surface area is 177 Å². The first-order chi connectivity index (χ1) is 14.4. The summed E-state index contributed by atoms with van der Waals surface area (Å²) in [5, 5.41) is 11.3. The molecule has 0 radical (unpaired) electrons. The molecule has 0 aliphatic rings. The molecule has 0 aliphatic carbocycles. The third kappa shape index (κ3) is 5.05. The Hall–Kier alpha value is -3.18. The molecule has 3 aromatic rings. The Morgan fingerprint density at radius 2 is 1.50 bits per heavy atom. The quantitative estimate of drug-likeness (QED) is 0.552. The smallest absolute Gasteiger partial charge is 0.243 e. The number of benzene rings is 3. The molecule has 0 spiro atoms. The molecule has 5 heteroatoms. The van der Waals surface area contributed by atoms with Crippen LogP contribution in [0.25, 0.3) is 10.8 Å². The van der Waals surface area contributed by atoms with Crippen LogP contribution in [0.4, 0.5) is 5.69 Å². The first kappa shape index (κ1) is 21.5. The van der Waals surface area contributed by atoms with Crippen LogP contribution in [-0.2, 0) is 9.59 Å². The number of fused-ring (bicyclic) bond motifs is 1. The highest BCUT2D eigenvalue weighted by Gasteiger charge is 2.18. The van der Waals surface area contributed by atoms with Gasteiger partial charge in [0.15, 0.2) is 0 Å². The van der Waals surface area contributed by atoms with Gasteiger partial charge in [-0.25, -0.2) is 0 Å². The van der Waals surface area contributed by atoms with Gasteiger partial charge in [-0.1, -0.05) is 60.7 Å². The molecule has 0 fully saturated rings. The predicted molar refractivity (Wildman–Crippen MR) is 123 cm³/mol. The second-order valence-corrected chi connectivity index (χ2v) is 7.71. The lowest BCUT2D eigenvalue weighted by atomic mass is 9.99. The highest BCUT2D eigenvalue weighted by atomic mass is 16.2. The van der Waals surface area contributed by atoms with Gasteiger partial charge in [-0.15, -0.1) is 0 Å². The summed E-state index contributed by atoms with van der Waals surface area (Å²) in [6, 6.07) is 19.8. The van der Waals surface area contributed by atoms with E-state index < -0.39 is 6.04 Å². The minimum absolute atomic E-state index is 0.0136. The fourth-order valence-electron chi connectivity index (χ4n) is 3.68. The van der Waals surface area contributed by atoms with E-state index in [1.165, 1.54) is 10.8 Å². The van der Waals surface area contributed by atoms with Gasteiger partial charge in [0.05, 0.1) is 12.6 Å². The molecule has 0 bridgehead atoms. The van der Waals surface area contributed by atoms with Crippen molar-refractivity contribution in [3.05, 3.63) is 77.4 Å². The Bertz CT molecular complexity index is 1040. The van der Waals surface area contributed by atoms with Gasteiger partial charge in [-0.05, 0) is 55.2 Å². The van der Waals surface area contributed by atoms with Crippen molar-refractivity contribution in [3.8, 4) is 0 Å². The predicted octanol–water partition coefficient (Wildman–Crippen LogP) is 4.25. The number of para-hydroxylation sites is 1. The van der Waals surface area contributed by atoms with Crippen LogP contribution in [0.2, 0.25) is 0 Å².